The Bertz CT molecular complexity index is 466. The second kappa shape index (κ2) is 4.61. The summed E-state index contributed by atoms with van der Waals surface area (Å²) in [6.45, 7) is 0. The zero-order valence-corrected chi connectivity index (χ0v) is 8.67. The monoisotopic (exact) mass is 219 g/mol. The number of imidazole rings is 1. The summed E-state index contributed by atoms with van der Waals surface area (Å²) in [7, 11) is 0. The summed E-state index contributed by atoms with van der Waals surface area (Å²) in [6, 6.07) is 7.64. The minimum atomic E-state index is 0.873. The molecule has 2 heterocycles. The maximum atomic E-state index is 3.98. The van der Waals surface area contributed by atoms with Crippen molar-refractivity contribution in [2.24, 2.45) is 0 Å². The summed E-state index contributed by atoms with van der Waals surface area (Å²) in [4.78, 5) is 6.42. The fourth-order valence-electron chi connectivity index (χ4n) is 1.06. The van der Waals surface area contributed by atoms with E-state index in [-0.39, 0.29) is 0 Å². The minimum Gasteiger partial charge on any atom is -0.351 e. The predicted octanol–water partition coefficient (Wildman–Crippen LogP) is 1.53. The standard InChI is InChI=1S/C6H5N3S.C3H4N2/c10-9-7-5-3-1-2-4-6(5)8-9;1-2-5-3-4-1/h1-4,10H;1-3H,(H,4,5). The van der Waals surface area contributed by atoms with Gasteiger partial charge in [-0.25, -0.2) is 4.98 Å². The molecule has 2 aromatic heterocycles. The maximum Gasteiger partial charge on any atom is 0.114 e. The number of benzene rings is 1. The Hall–Kier alpha value is -1.82. The van der Waals surface area contributed by atoms with Crippen LogP contribution in [0.15, 0.2) is 43.0 Å². The van der Waals surface area contributed by atoms with Crippen LogP contribution in [0.25, 0.3) is 11.0 Å². The Balaban J connectivity index is 0.000000144. The molecule has 76 valence electrons. The smallest absolute Gasteiger partial charge is 0.114 e. The van der Waals surface area contributed by atoms with Crippen LogP contribution in [0.4, 0.5) is 0 Å². The van der Waals surface area contributed by atoms with Crippen molar-refractivity contribution < 1.29 is 0 Å². The molecule has 0 amide bonds. The molecule has 3 rings (SSSR count). The van der Waals surface area contributed by atoms with Crippen molar-refractivity contribution in [2.75, 3.05) is 0 Å². The SMILES string of the molecule is Sn1nc2ccccc2n1.c1c[nH]cn1. The van der Waals surface area contributed by atoms with E-state index in [4.69, 9.17) is 0 Å². The van der Waals surface area contributed by atoms with Gasteiger partial charge < -0.3 is 4.98 Å². The molecule has 0 aliphatic carbocycles. The normalized spacial score (nSPS) is 9.67. The summed E-state index contributed by atoms with van der Waals surface area (Å²) < 4.78 is 1.27. The van der Waals surface area contributed by atoms with Gasteiger partial charge in [-0.1, -0.05) is 12.1 Å². The molecule has 6 heteroatoms. The third-order valence-electron chi connectivity index (χ3n) is 1.68. The number of rotatable bonds is 0. The molecule has 15 heavy (non-hydrogen) atoms. The molecule has 0 aliphatic rings. The molecule has 0 fully saturated rings. The van der Waals surface area contributed by atoms with Crippen LogP contribution >= 0.6 is 12.8 Å². The van der Waals surface area contributed by atoms with Gasteiger partial charge in [0.1, 0.15) is 11.0 Å². The Morgan fingerprint density at radius 2 is 1.80 bits per heavy atom. The topological polar surface area (TPSA) is 59.4 Å². The molecule has 0 aliphatic heterocycles. The van der Waals surface area contributed by atoms with Crippen LogP contribution in [0.5, 0.6) is 0 Å². The van der Waals surface area contributed by atoms with Gasteiger partial charge in [0.15, 0.2) is 0 Å². The zero-order chi connectivity index (χ0) is 10.5. The minimum absolute atomic E-state index is 0.873. The lowest BCUT2D eigenvalue weighted by Crippen LogP contribution is -1.81. The second-order valence-corrected chi connectivity index (χ2v) is 3.08. The third kappa shape index (κ3) is 2.57. The van der Waals surface area contributed by atoms with Crippen LogP contribution in [0, 0.1) is 0 Å². The van der Waals surface area contributed by atoms with E-state index in [2.05, 4.69) is 33.0 Å². The first-order valence-corrected chi connectivity index (χ1v) is 4.70. The van der Waals surface area contributed by atoms with E-state index in [0.717, 1.165) is 11.0 Å². The Morgan fingerprint density at radius 1 is 1.13 bits per heavy atom. The van der Waals surface area contributed by atoms with E-state index >= 15 is 0 Å². The highest BCUT2D eigenvalue weighted by molar-refractivity contribution is 7.78. The number of fused-ring (bicyclic) bond motifs is 1. The van der Waals surface area contributed by atoms with Crippen molar-refractivity contribution in [1.29, 1.82) is 0 Å². The highest BCUT2D eigenvalue weighted by Gasteiger charge is 1.95. The fraction of sp³-hybridized carbons (Fsp3) is 0. The van der Waals surface area contributed by atoms with E-state index in [0.29, 0.717) is 0 Å². The Morgan fingerprint density at radius 3 is 2.20 bits per heavy atom. The Labute approximate surface area is 91.7 Å². The van der Waals surface area contributed by atoms with Crippen molar-refractivity contribution in [1.82, 2.24) is 24.4 Å². The molecular formula is C9H9N5S. The average molecular weight is 219 g/mol. The Kier molecular flexibility index (Phi) is 2.99. The van der Waals surface area contributed by atoms with Crippen LogP contribution in [-0.4, -0.2) is 24.4 Å². The molecule has 1 N–H and O–H groups in total. The van der Waals surface area contributed by atoms with E-state index < -0.39 is 0 Å². The quantitative estimate of drug-likeness (QED) is 0.564. The van der Waals surface area contributed by atoms with Gasteiger partial charge in [-0.2, -0.15) is 0 Å². The van der Waals surface area contributed by atoms with Crippen molar-refractivity contribution >= 4 is 23.8 Å². The molecule has 0 saturated carbocycles. The van der Waals surface area contributed by atoms with Crippen LogP contribution in [0.2, 0.25) is 0 Å². The summed E-state index contributed by atoms with van der Waals surface area (Å²) in [5.41, 5.74) is 1.75. The summed E-state index contributed by atoms with van der Waals surface area (Å²) in [6.07, 6.45) is 5.08. The molecule has 0 bridgehead atoms. The molecule has 0 saturated heterocycles. The highest BCUT2D eigenvalue weighted by atomic mass is 32.1. The fourth-order valence-corrected chi connectivity index (χ4v) is 1.26. The second-order valence-electron chi connectivity index (χ2n) is 2.72. The van der Waals surface area contributed by atoms with E-state index in [1.807, 2.05) is 24.3 Å². The first-order chi connectivity index (χ1) is 7.36. The van der Waals surface area contributed by atoms with Gasteiger partial charge in [0.2, 0.25) is 0 Å². The summed E-state index contributed by atoms with van der Waals surface area (Å²) >= 11 is 3.94. The number of aromatic nitrogens is 5. The van der Waals surface area contributed by atoms with Gasteiger partial charge >= 0.3 is 0 Å². The van der Waals surface area contributed by atoms with Crippen LogP contribution in [0.3, 0.4) is 0 Å². The van der Waals surface area contributed by atoms with Gasteiger partial charge in [-0.05, 0) is 24.9 Å². The molecule has 0 atom stereocenters. The zero-order valence-electron chi connectivity index (χ0n) is 7.78. The van der Waals surface area contributed by atoms with Crippen LogP contribution in [0.1, 0.15) is 0 Å². The molecule has 0 unspecified atom stereocenters. The number of thiol groups is 1. The van der Waals surface area contributed by atoms with Crippen LogP contribution in [-0.2, 0) is 0 Å². The number of aromatic amines is 1. The highest BCUT2D eigenvalue weighted by Crippen LogP contribution is 2.06. The van der Waals surface area contributed by atoms with Crippen molar-refractivity contribution in [3.8, 4) is 0 Å². The number of nitrogens with one attached hydrogen (secondary N) is 1. The third-order valence-corrected chi connectivity index (χ3v) is 1.86. The van der Waals surface area contributed by atoms with Gasteiger partial charge in [0, 0.05) is 12.4 Å². The first-order valence-electron chi connectivity index (χ1n) is 4.30. The summed E-state index contributed by atoms with van der Waals surface area (Å²) in [5, 5.41) is 7.97. The van der Waals surface area contributed by atoms with E-state index in [1.54, 1.807) is 18.7 Å². The van der Waals surface area contributed by atoms with E-state index in [1.165, 1.54) is 4.20 Å². The number of H-pyrrole nitrogens is 1. The van der Waals surface area contributed by atoms with Crippen molar-refractivity contribution in [3.05, 3.63) is 43.0 Å². The van der Waals surface area contributed by atoms with Crippen molar-refractivity contribution in [3.63, 3.8) is 0 Å². The molecule has 0 radical (unpaired) electrons. The molecule has 3 aromatic rings. The molecule has 0 spiro atoms. The number of hydrogen-bond acceptors (Lipinski definition) is 4. The van der Waals surface area contributed by atoms with Gasteiger partial charge in [0.05, 0.1) is 6.33 Å². The van der Waals surface area contributed by atoms with Gasteiger partial charge in [-0.15, -0.1) is 14.4 Å². The summed E-state index contributed by atoms with van der Waals surface area (Å²) in [5.74, 6) is 0. The van der Waals surface area contributed by atoms with Crippen LogP contribution < -0.4 is 0 Å². The average Bonchev–Trinajstić information content (AvgIpc) is 2.87. The van der Waals surface area contributed by atoms with Gasteiger partial charge in [-0.3, -0.25) is 0 Å². The lowest BCUT2D eigenvalue weighted by Gasteiger charge is -1.77. The largest absolute Gasteiger partial charge is 0.351 e. The van der Waals surface area contributed by atoms with Crippen molar-refractivity contribution in [2.45, 2.75) is 0 Å². The molecule has 5 nitrogen and oxygen atoms in total. The lowest BCUT2D eigenvalue weighted by molar-refractivity contribution is 0.890. The molecular weight excluding hydrogens is 210 g/mol. The van der Waals surface area contributed by atoms with E-state index in [9.17, 15) is 0 Å². The number of nitrogens with zero attached hydrogens (tertiary/aromatic N) is 4. The first kappa shape index (κ1) is 9.72. The predicted molar refractivity (Wildman–Crippen MR) is 60.5 cm³/mol. The maximum absolute atomic E-state index is 3.98. The lowest BCUT2D eigenvalue weighted by atomic mass is 10.3. The number of hydrogen-bond donors (Lipinski definition) is 2. The molecule has 1 aromatic carbocycles. The van der Waals surface area contributed by atoms with Gasteiger partial charge in [0.25, 0.3) is 0 Å².